The molecule has 0 aromatic heterocycles. The van der Waals surface area contributed by atoms with Gasteiger partial charge < -0.3 is 0 Å². The molecule has 0 N–H and O–H groups in total. The summed E-state index contributed by atoms with van der Waals surface area (Å²) in [5.41, 5.74) is 1.23. The minimum atomic E-state index is 0.830. The van der Waals surface area contributed by atoms with Crippen molar-refractivity contribution in [1.82, 2.24) is 0 Å². The zero-order chi connectivity index (χ0) is 7.11. The zero-order valence-electron chi connectivity index (χ0n) is 5.89. The molecule has 0 atom stereocenters. The first kappa shape index (κ1) is 9.44. The van der Waals surface area contributed by atoms with Crippen LogP contribution in [0.1, 0.15) is 13.3 Å². The Morgan fingerprint density at radius 2 is 2.33 bits per heavy atom. The third-order valence-electron chi connectivity index (χ3n) is 0.878. The fourth-order valence-corrected chi connectivity index (χ4v) is 1.49. The van der Waals surface area contributed by atoms with Gasteiger partial charge in [0.25, 0.3) is 0 Å². The second-order valence-electron chi connectivity index (χ2n) is 1.96. The molecular formula is C7H14S2. The SMILES string of the molecule is C=C(CS)CSCCC. The van der Waals surface area contributed by atoms with Crippen LogP contribution in [0, 0.1) is 0 Å². The van der Waals surface area contributed by atoms with E-state index in [4.69, 9.17) is 0 Å². The van der Waals surface area contributed by atoms with Crippen LogP contribution in [-0.2, 0) is 0 Å². The molecule has 0 heterocycles. The van der Waals surface area contributed by atoms with Crippen LogP contribution in [0.3, 0.4) is 0 Å². The lowest BCUT2D eigenvalue weighted by atomic mass is 10.4. The smallest absolute Gasteiger partial charge is 0.0148 e. The Labute approximate surface area is 67.5 Å². The minimum Gasteiger partial charge on any atom is -0.175 e. The quantitative estimate of drug-likeness (QED) is 0.368. The standard InChI is InChI=1S/C7H14S2/c1-3-4-9-6-7(2)5-8/h8H,2-6H2,1H3. The average Bonchev–Trinajstić information content (AvgIpc) is 1.89. The molecule has 0 rings (SSSR count). The normalized spacial score (nSPS) is 9.56. The Hall–Kier alpha value is 0.440. The highest BCUT2D eigenvalue weighted by atomic mass is 32.2. The predicted octanol–water partition coefficient (Wildman–Crippen LogP) is 2.62. The molecule has 0 radical (unpaired) electrons. The van der Waals surface area contributed by atoms with Crippen molar-refractivity contribution in [2.24, 2.45) is 0 Å². The number of thiol groups is 1. The van der Waals surface area contributed by atoms with Crippen molar-refractivity contribution in [3.8, 4) is 0 Å². The van der Waals surface area contributed by atoms with Gasteiger partial charge in [-0.05, 0) is 12.2 Å². The molecule has 0 amide bonds. The molecule has 2 heteroatoms. The van der Waals surface area contributed by atoms with Gasteiger partial charge >= 0.3 is 0 Å². The third-order valence-corrected chi connectivity index (χ3v) is 2.63. The molecule has 0 fully saturated rings. The van der Waals surface area contributed by atoms with E-state index in [9.17, 15) is 0 Å². The summed E-state index contributed by atoms with van der Waals surface area (Å²) in [6, 6.07) is 0. The Morgan fingerprint density at radius 3 is 2.78 bits per heavy atom. The van der Waals surface area contributed by atoms with Crippen molar-refractivity contribution in [1.29, 1.82) is 0 Å². The van der Waals surface area contributed by atoms with Gasteiger partial charge in [0.1, 0.15) is 0 Å². The maximum absolute atomic E-state index is 4.10. The fourth-order valence-electron chi connectivity index (χ4n) is 0.406. The van der Waals surface area contributed by atoms with Crippen LogP contribution in [-0.4, -0.2) is 17.3 Å². The van der Waals surface area contributed by atoms with Gasteiger partial charge in [0.05, 0.1) is 0 Å². The van der Waals surface area contributed by atoms with Crippen molar-refractivity contribution in [3.63, 3.8) is 0 Å². The van der Waals surface area contributed by atoms with Crippen molar-refractivity contribution >= 4 is 24.4 Å². The maximum atomic E-state index is 4.10. The van der Waals surface area contributed by atoms with E-state index in [1.165, 1.54) is 17.7 Å². The van der Waals surface area contributed by atoms with E-state index in [0.29, 0.717) is 0 Å². The molecule has 54 valence electrons. The minimum absolute atomic E-state index is 0.830. The summed E-state index contributed by atoms with van der Waals surface area (Å²) >= 11 is 6.04. The first-order chi connectivity index (χ1) is 4.31. The molecule has 0 spiro atoms. The third kappa shape index (κ3) is 6.32. The van der Waals surface area contributed by atoms with Crippen molar-refractivity contribution < 1.29 is 0 Å². The lowest BCUT2D eigenvalue weighted by molar-refractivity contribution is 1.11. The first-order valence-electron chi connectivity index (χ1n) is 3.16. The Balaban J connectivity index is 2.97. The molecule has 0 aromatic rings. The summed E-state index contributed by atoms with van der Waals surface area (Å²) < 4.78 is 0. The van der Waals surface area contributed by atoms with E-state index in [1.54, 1.807) is 0 Å². The van der Waals surface area contributed by atoms with Crippen molar-refractivity contribution in [2.45, 2.75) is 13.3 Å². The zero-order valence-corrected chi connectivity index (χ0v) is 7.60. The highest BCUT2D eigenvalue weighted by Crippen LogP contribution is 2.07. The summed E-state index contributed by atoms with van der Waals surface area (Å²) in [6.45, 7) is 6.04. The van der Waals surface area contributed by atoms with E-state index < -0.39 is 0 Å². The molecule has 0 aromatic carbocycles. The number of hydrogen-bond acceptors (Lipinski definition) is 2. The van der Waals surface area contributed by atoms with Gasteiger partial charge in [-0.2, -0.15) is 24.4 Å². The van der Waals surface area contributed by atoms with Crippen LogP contribution >= 0.6 is 24.4 Å². The van der Waals surface area contributed by atoms with Crippen LogP contribution in [0.2, 0.25) is 0 Å². The van der Waals surface area contributed by atoms with E-state index >= 15 is 0 Å². The lowest BCUT2D eigenvalue weighted by Crippen LogP contribution is -1.87. The molecule has 0 aliphatic rings. The molecule has 0 aliphatic heterocycles. The second kappa shape index (κ2) is 6.56. The van der Waals surface area contributed by atoms with Gasteiger partial charge in [-0.25, -0.2) is 0 Å². The van der Waals surface area contributed by atoms with Gasteiger partial charge in [-0.3, -0.25) is 0 Å². The number of rotatable bonds is 5. The number of thioether (sulfide) groups is 1. The Kier molecular flexibility index (Phi) is 6.88. The van der Waals surface area contributed by atoms with Gasteiger partial charge in [-0.1, -0.05) is 19.1 Å². The number of hydrogen-bond donors (Lipinski definition) is 1. The van der Waals surface area contributed by atoms with Crippen LogP contribution in [0.25, 0.3) is 0 Å². The summed E-state index contributed by atoms with van der Waals surface area (Å²) in [6.07, 6.45) is 1.25. The Morgan fingerprint density at radius 1 is 1.67 bits per heavy atom. The molecule has 0 nitrogen and oxygen atoms in total. The molecule has 0 saturated heterocycles. The average molecular weight is 162 g/mol. The van der Waals surface area contributed by atoms with Crippen molar-refractivity contribution in [2.75, 3.05) is 17.3 Å². The summed E-state index contributed by atoms with van der Waals surface area (Å²) in [7, 11) is 0. The highest BCUT2D eigenvalue weighted by molar-refractivity contribution is 7.99. The van der Waals surface area contributed by atoms with E-state index in [1.807, 2.05) is 11.8 Å². The molecule has 9 heavy (non-hydrogen) atoms. The fraction of sp³-hybridized carbons (Fsp3) is 0.714. The topological polar surface area (TPSA) is 0 Å². The summed E-state index contributed by atoms with van der Waals surface area (Å²) in [5.74, 6) is 3.15. The van der Waals surface area contributed by atoms with Crippen molar-refractivity contribution in [3.05, 3.63) is 12.2 Å². The lowest BCUT2D eigenvalue weighted by Gasteiger charge is -1.98. The second-order valence-corrected chi connectivity index (χ2v) is 3.38. The monoisotopic (exact) mass is 162 g/mol. The predicted molar refractivity (Wildman–Crippen MR) is 50.6 cm³/mol. The molecule has 0 aliphatic carbocycles. The van der Waals surface area contributed by atoms with E-state index in [0.717, 1.165) is 11.5 Å². The van der Waals surface area contributed by atoms with E-state index in [2.05, 4.69) is 26.1 Å². The van der Waals surface area contributed by atoms with Crippen LogP contribution in [0.4, 0.5) is 0 Å². The van der Waals surface area contributed by atoms with Gasteiger partial charge in [0.2, 0.25) is 0 Å². The maximum Gasteiger partial charge on any atom is 0.0148 e. The van der Waals surface area contributed by atoms with Gasteiger partial charge in [0.15, 0.2) is 0 Å². The van der Waals surface area contributed by atoms with E-state index in [-0.39, 0.29) is 0 Å². The van der Waals surface area contributed by atoms with Crippen LogP contribution < -0.4 is 0 Å². The highest BCUT2D eigenvalue weighted by Gasteiger charge is 1.89. The molecule has 0 unspecified atom stereocenters. The summed E-state index contributed by atoms with van der Waals surface area (Å²) in [4.78, 5) is 0. The molecule has 0 saturated carbocycles. The molecule has 0 bridgehead atoms. The largest absolute Gasteiger partial charge is 0.175 e. The summed E-state index contributed by atoms with van der Waals surface area (Å²) in [5, 5.41) is 0. The van der Waals surface area contributed by atoms with Gasteiger partial charge in [-0.15, -0.1) is 0 Å². The Bertz CT molecular complexity index is 79.0. The van der Waals surface area contributed by atoms with Crippen LogP contribution in [0.15, 0.2) is 12.2 Å². The van der Waals surface area contributed by atoms with Crippen LogP contribution in [0.5, 0.6) is 0 Å². The molecular weight excluding hydrogens is 148 g/mol. The first-order valence-corrected chi connectivity index (χ1v) is 4.95. The van der Waals surface area contributed by atoms with Gasteiger partial charge in [0, 0.05) is 11.5 Å².